The summed E-state index contributed by atoms with van der Waals surface area (Å²) in [4.78, 5) is 0. The first-order chi connectivity index (χ1) is 5.71. The van der Waals surface area contributed by atoms with E-state index >= 15 is 0 Å². The molecule has 2 nitrogen and oxygen atoms in total. The lowest BCUT2D eigenvalue weighted by atomic mass is 10.2. The molecule has 0 aliphatic carbocycles. The van der Waals surface area contributed by atoms with Crippen LogP contribution in [0.15, 0.2) is 0 Å². The summed E-state index contributed by atoms with van der Waals surface area (Å²) in [5, 5.41) is 0. The first-order valence-corrected chi connectivity index (χ1v) is 4.80. The summed E-state index contributed by atoms with van der Waals surface area (Å²) in [5.74, 6) is 0. The van der Waals surface area contributed by atoms with Gasteiger partial charge in [-0.1, -0.05) is 0 Å². The van der Waals surface area contributed by atoms with Gasteiger partial charge in [-0.2, -0.15) is 0 Å². The molecule has 2 heteroatoms. The smallest absolute Gasteiger partial charge is 0.0598 e. The van der Waals surface area contributed by atoms with E-state index in [-0.39, 0.29) is 11.2 Å². The van der Waals surface area contributed by atoms with Crippen LogP contribution in [0.5, 0.6) is 0 Å². The first kappa shape index (κ1) is 12.9. The van der Waals surface area contributed by atoms with Gasteiger partial charge in [-0.25, -0.2) is 0 Å². The molecule has 1 radical (unpaired) electrons. The van der Waals surface area contributed by atoms with Gasteiger partial charge in [0.25, 0.3) is 0 Å². The molecule has 0 atom stereocenters. The fourth-order valence-electron chi connectivity index (χ4n) is 0.666. The molecule has 0 N–H and O–H groups in total. The molecule has 0 bridgehead atoms. The standard InChI is InChI=1S/C11H23O2/c1-10(2,3)12-8-7-9-13-11(4,5)6/h7H,8-9H2,1-6H3. The summed E-state index contributed by atoms with van der Waals surface area (Å²) in [6.07, 6.45) is 2.01. The largest absolute Gasteiger partial charge is 0.375 e. The van der Waals surface area contributed by atoms with Crippen molar-refractivity contribution in [1.82, 2.24) is 0 Å². The quantitative estimate of drug-likeness (QED) is 0.630. The average Bonchev–Trinajstić information content (AvgIpc) is 1.81. The fourth-order valence-corrected chi connectivity index (χ4v) is 0.666. The number of hydrogen-bond donors (Lipinski definition) is 0. The molecule has 13 heavy (non-hydrogen) atoms. The third kappa shape index (κ3) is 11.9. The second-order valence-electron chi connectivity index (χ2n) is 5.14. The summed E-state index contributed by atoms with van der Waals surface area (Å²) < 4.78 is 11.0. The monoisotopic (exact) mass is 187 g/mol. The Morgan fingerprint density at radius 3 is 1.31 bits per heavy atom. The molecular formula is C11H23O2. The Hall–Kier alpha value is -0.0800. The van der Waals surface area contributed by atoms with Gasteiger partial charge < -0.3 is 9.47 Å². The highest BCUT2D eigenvalue weighted by Crippen LogP contribution is 2.09. The summed E-state index contributed by atoms with van der Waals surface area (Å²) in [6.45, 7) is 13.6. The molecule has 0 aromatic rings. The van der Waals surface area contributed by atoms with Gasteiger partial charge in [0.05, 0.1) is 24.4 Å². The van der Waals surface area contributed by atoms with E-state index in [1.54, 1.807) is 0 Å². The molecule has 0 rings (SSSR count). The van der Waals surface area contributed by atoms with Crippen LogP contribution in [0.25, 0.3) is 0 Å². The minimum Gasteiger partial charge on any atom is -0.375 e. The molecule has 0 heterocycles. The lowest BCUT2D eigenvalue weighted by Crippen LogP contribution is -2.23. The van der Waals surface area contributed by atoms with Gasteiger partial charge in [-0.05, 0) is 41.5 Å². The lowest BCUT2D eigenvalue weighted by molar-refractivity contribution is -0.0175. The number of hydrogen-bond acceptors (Lipinski definition) is 2. The van der Waals surface area contributed by atoms with Gasteiger partial charge in [-0.3, -0.25) is 0 Å². The molecule has 79 valence electrons. The topological polar surface area (TPSA) is 18.5 Å². The van der Waals surface area contributed by atoms with E-state index in [0.717, 1.165) is 0 Å². The molecule has 0 aliphatic heterocycles. The lowest BCUT2D eigenvalue weighted by Gasteiger charge is -2.21. The van der Waals surface area contributed by atoms with Gasteiger partial charge in [0.2, 0.25) is 0 Å². The molecule has 0 aliphatic rings. The summed E-state index contributed by atoms with van der Waals surface area (Å²) in [5.41, 5.74) is -0.115. The molecule has 0 fully saturated rings. The number of rotatable bonds is 4. The van der Waals surface area contributed by atoms with Crippen molar-refractivity contribution in [2.45, 2.75) is 52.7 Å². The van der Waals surface area contributed by atoms with Crippen LogP contribution in [0.3, 0.4) is 0 Å². The summed E-state index contributed by atoms with van der Waals surface area (Å²) in [7, 11) is 0. The van der Waals surface area contributed by atoms with Gasteiger partial charge in [0, 0.05) is 6.42 Å². The molecule has 0 unspecified atom stereocenters. The van der Waals surface area contributed by atoms with E-state index in [4.69, 9.17) is 9.47 Å². The average molecular weight is 187 g/mol. The van der Waals surface area contributed by atoms with Crippen LogP contribution < -0.4 is 0 Å². The van der Waals surface area contributed by atoms with Crippen LogP contribution >= 0.6 is 0 Å². The zero-order chi connectivity index (χ0) is 10.5. The van der Waals surface area contributed by atoms with E-state index in [1.165, 1.54) is 0 Å². The zero-order valence-electron chi connectivity index (χ0n) is 9.81. The summed E-state index contributed by atoms with van der Waals surface area (Å²) >= 11 is 0. The van der Waals surface area contributed by atoms with Crippen molar-refractivity contribution in [3.8, 4) is 0 Å². The SMILES string of the molecule is CC(C)(C)OC[CH]COC(C)(C)C. The Balaban J connectivity index is 3.28. The maximum atomic E-state index is 5.51. The zero-order valence-corrected chi connectivity index (χ0v) is 9.81. The van der Waals surface area contributed by atoms with Crippen LogP contribution in [0, 0.1) is 6.42 Å². The van der Waals surface area contributed by atoms with Crippen molar-refractivity contribution in [3.05, 3.63) is 6.42 Å². The molecule has 0 amide bonds. The Labute approximate surface area is 82.6 Å². The minimum absolute atomic E-state index is 0.0573. The highest BCUT2D eigenvalue weighted by molar-refractivity contribution is 4.69. The van der Waals surface area contributed by atoms with Crippen molar-refractivity contribution >= 4 is 0 Å². The van der Waals surface area contributed by atoms with Crippen LogP contribution in [0.4, 0.5) is 0 Å². The Bertz CT molecular complexity index is 112. The molecular weight excluding hydrogens is 164 g/mol. The maximum Gasteiger partial charge on any atom is 0.0598 e. The predicted octanol–water partition coefficient (Wildman–Crippen LogP) is 2.82. The molecule has 0 aromatic heterocycles. The second kappa shape index (κ2) is 4.97. The predicted molar refractivity (Wildman–Crippen MR) is 55.7 cm³/mol. The highest BCUT2D eigenvalue weighted by Gasteiger charge is 2.11. The van der Waals surface area contributed by atoms with Crippen molar-refractivity contribution in [3.63, 3.8) is 0 Å². The van der Waals surface area contributed by atoms with E-state index in [0.29, 0.717) is 13.2 Å². The first-order valence-electron chi connectivity index (χ1n) is 4.80. The maximum absolute atomic E-state index is 5.51. The van der Waals surface area contributed by atoms with Gasteiger partial charge >= 0.3 is 0 Å². The normalized spacial score (nSPS) is 13.4. The van der Waals surface area contributed by atoms with Crippen LogP contribution in [-0.2, 0) is 9.47 Å². The third-order valence-corrected chi connectivity index (χ3v) is 1.27. The Morgan fingerprint density at radius 2 is 1.08 bits per heavy atom. The van der Waals surface area contributed by atoms with Gasteiger partial charge in [0.15, 0.2) is 0 Å². The van der Waals surface area contributed by atoms with Crippen LogP contribution in [-0.4, -0.2) is 24.4 Å². The van der Waals surface area contributed by atoms with Crippen LogP contribution in [0.1, 0.15) is 41.5 Å². The molecule has 0 saturated heterocycles. The summed E-state index contributed by atoms with van der Waals surface area (Å²) in [6, 6.07) is 0. The van der Waals surface area contributed by atoms with Gasteiger partial charge in [0.1, 0.15) is 0 Å². The Kier molecular flexibility index (Phi) is 4.93. The Morgan fingerprint density at radius 1 is 0.769 bits per heavy atom. The number of ether oxygens (including phenoxy) is 2. The third-order valence-electron chi connectivity index (χ3n) is 1.27. The second-order valence-corrected chi connectivity index (χ2v) is 5.14. The molecule has 0 aromatic carbocycles. The van der Waals surface area contributed by atoms with Gasteiger partial charge in [-0.15, -0.1) is 0 Å². The van der Waals surface area contributed by atoms with Crippen molar-refractivity contribution < 1.29 is 9.47 Å². The highest BCUT2D eigenvalue weighted by atomic mass is 16.5. The van der Waals surface area contributed by atoms with E-state index in [9.17, 15) is 0 Å². The van der Waals surface area contributed by atoms with Crippen molar-refractivity contribution in [2.24, 2.45) is 0 Å². The van der Waals surface area contributed by atoms with E-state index in [2.05, 4.69) is 0 Å². The fraction of sp³-hybridized carbons (Fsp3) is 0.909. The molecule has 0 spiro atoms. The van der Waals surface area contributed by atoms with E-state index in [1.807, 2.05) is 48.0 Å². The molecule has 0 saturated carbocycles. The van der Waals surface area contributed by atoms with Crippen molar-refractivity contribution in [1.29, 1.82) is 0 Å². The minimum atomic E-state index is -0.0573. The van der Waals surface area contributed by atoms with E-state index < -0.39 is 0 Å². The van der Waals surface area contributed by atoms with Crippen molar-refractivity contribution in [2.75, 3.05) is 13.2 Å². The van der Waals surface area contributed by atoms with Crippen LogP contribution in [0.2, 0.25) is 0 Å².